The Balaban J connectivity index is 1.74. The monoisotopic (exact) mass is 345 g/mol. The standard InChI is InChI=1S/C16H19N5O2S/c1-12(2)16-17-11-15(20-16)24(22,23)19-10-13-5-3-6-14(9-13)21-8-4-7-18-21/h3-9,11-12,19H,10H2,1-2H3,(H,17,20). The average molecular weight is 345 g/mol. The normalized spacial score (nSPS) is 12.0. The molecule has 0 saturated heterocycles. The lowest BCUT2D eigenvalue weighted by atomic mass is 10.2. The van der Waals surface area contributed by atoms with E-state index in [1.807, 2.05) is 50.4 Å². The van der Waals surface area contributed by atoms with Crippen molar-refractivity contribution >= 4 is 10.0 Å². The van der Waals surface area contributed by atoms with Gasteiger partial charge in [-0.15, -0.1) is 0 Å². The van der Waals surface area contributed by atoms with Crippen molar-refractivity contribution in [1.29, 1.82) is 0 Å². The van der Waals surface area contributed by atoms with Gasteiger partial charge in [-0.3, -0.25) is 0 Å². The van der Waals surface area contributed by atoms with Crippen LogP contribution < -0.4 is 4.72 Å². The highest BCUT2D eigenvalue weighted by Crippen LogP contribution is 2.14. The van der Waals surface area contributed by atoms with E-state index < -0.39 is 10.0 Å². The van der Waals surface area contributed by atoms with Gasteiger partial charge < -0.3 is 4.98 Å². The maximum absolute atomic E-state index is 12.4. The number of nitrogens with one attached hydrogen (secondary N) is 2. The molecular formula is C16H19N5O2S. The summed E-state index contributed by atoms with van der Waals surface area (Å²) in [5.41, 5.74) is 1.72. The topological polar surface area (TPSA) is 92.7 Å². The minimum atomic E-state index is -3.63. The number of aromatic nitrogens is 4. The number of sulfonamides is 1. The quantitative estimate of drug-likeness (QED) is 0.716. The van der Waals surface area contributed by atoms with E-state index in [0.29, 0.717) is 5.82 Å². The number of nitrogens with zero attached hydrogens (tertiary/aromatic N) is 3. The lowest BCUT2D eigenvalue weighted by molar-refractivity contribution is 0.577. The molecule has 0 aliphatic carbocycles. The lowest BCUT2D eigenvalue weighted by Gasteiger charge is -2.07. The van der Waals surface area contributed by atoms with Crippen LogP contribution in [-0.4, -0.2) is 28.2 Å². The SMILES string of the molecule is CC(C)c1ncc(S(=O)(=O)NCc2cccc(-n3cccn3)c2)[nH]1. The van der Waals surface area contributed by atoms with Crippen LogP contribution in [0, 0.1) is 0 Å². The Kier molecular flexibility index (Phi) is 4.50. The summed E-state index contributed by atoms with van der Waals surface area (Å²) in [7, 11) is -3.63. The molecule has 2 aromatic heterocycles. The third-order valence-corrected chi connectivity index (χ3v) is 4.87. The molecular weight excluding hydrogens is 326 g/mol. The van der Waals surface area contributed by atoms with E-state index >= 15 is 0 Å². The summed E-state index contributed by atoms with van der Waals surface area (Å²) in [6.45, 7) is 4.08. The largest absolute Gasteiger partial charge is 0.332 e. The van der Waals surface area contributed by atoms with Gasteiger partial charge in [0.25, 0.3) is 10.0 Å². The number of hydrogen-bond acceptors (Lipinski definition) is 4. The molecule has 1 aromatic carbocycles. The molecule has 2 N–H and O–H groups in total. The summed E-state index contributed by atoms with van der Waals surface area (Å²) in [6.07, 6.45) is 4.87. The maximum Gasteiger partial charge on any atom is 0.257 e. The third-order valence-electron chi connectivity index (χ3n) is 3.55. The van der Waals surface area contributed by atoms with Crippen LogP contribution in [0.5, 0.6) is 0 Å². The molecule has 0 bridgehead atoms. The number of hydrogen-bond donors (Lipinski definition) is 2. The van der Waals surface area contributed by atoms with Crippen molar-refractivity contribution < 1.29 is 8.42 Å². The first kappa shape index (κ1) is 16.4. The summed E-state index contributed by atoms with van der Waals surface area (Å²) >= 11 is 0. The van der Waals surface area contributed by atoms with E-state index in [1.165, 1.54) is 6.20 Å². The first-order chi connectivity index (χ1) is 11.5. The zero-order valence-electron chi connectivity index (χ0n) is 13.5. The van der Waals surface area contributed by atoms with Crippen LogP contribution in [0.2, 0.25) is 0 Å². The van der Waals surface area contributed by atoms with Gasteiger partial charge in [0.15, 0.2) is 5.03 Å². The van der Waals surface area contributed by atoms with Crippen molar-refractivity contribution in [2.75, 3.05) is 0 Å². The molecule has 2 heterocycles. The van der Waals surface area contributed by atoms with Gasteiger partial charge in [0.05, 0.1) is 11.9 Å². The van der Waals surface area contributed by atoms with E-state index in [2.05, 4.69) is 19.8 Å². The van der Waals surface area contributed by atoms with Crippen LogP contribution in [0.25, 0.3) is 5.69 Å². The number of benzene rings is 1. The van der Waals surface area contributed by atoms with Crippen molar-refractivity contribution in [2.24, 2.45) is 0 Å². The Hall–Kier alpha value is -2.45. The van der Waals surface area contributed by atoms with Gasteiger partial charge in [0, 0.05) is 24.9 Å². The molecule has 8 heteroatoms. The Morgan fingerprint density at radius 3 is 2.79 bits per heavy atom. The van der Waals surface area contributed by atoms with E-state index in [9.17, 15) is 8.42 Å². The second-order valence-electron chi connectivity index (χ2n) is 5.73. The van der Waals surface area contributed by atoms with Gasteiger partial charge in [-0.1, -0.05) is 26.0 Å². The highest BCUT2D eigenvalue weighted by molar-refractivity contribution is 7.89. The van der Waals surface area contributed by atoms with Gasteiger partial charge in [0.2, 0.25) is 0 Å². The van der Waals surface area contributed by atoms with Gasteiger partial charge in [0.1, 0.15) is 5.82 Å². The first-order valence-corrected chi connectivity index (χ1v) is 9.07. The zero-order chi connectivity index (χ0) is 17.2. The van der Waals surface area contributed by atoms with Crippen molar-refractivity contribution in [3.8, 4) is 5.69 Å². The van der Waals surface area contributed by atoms with Crippen molar-refractivity contribution in [1.82, 2.24) is 24.5 Å². The second kappa shape index (κ2) is 6.58. The summed E-state index contributed by atoms with van der Waals surface area (Å²) in [5.74, 6) is 0.788. The molecule has 0 amide bonds. The van der Waals surface area contributed by atoms with E-state index in [1.54, 1.807) is 10.9 Å². The van der Waals surface area contributed by atoms with Gasteiger partial charge in [-0.05, 0) is 23.8 Å². The molecule has 24 heavy (non-hydrogen) atoms. The molecule has 126 valence electrons. The molecule has 3 aromatic rings. The average Bonchev–Trinajstić information content (AvgIpc) is 3.25. The summed E-state index contributed by atoms with van der Waals surface area (Å²) in [4.78, 5) is 6.95. The Morgan fingerprint density at radius 1 is 1.29 bits per heavy atom. The minimum Gasteiger partial charge on any atom is -0.332 e. The zero-order valence-corrected chi connectivity index (χ0v) is 14.3. The molecule has 0 aliphatic rings. The summed E-state index contributed by atoms with van der Waals surface area (Å²) in [6, 6.07) is 9.37. The molecule has 0 aliphatic heterocycles. The van der Waals surface area contributed by atoms with Crippen LogP contribution in [0.15, 0.2) is 53.9 Å². The molecule has 0 unspecified atom stereocenters. The first-order valence-electron chi connectivity index (χ1n) is 7.59. The fraction of sp³-hybridized carbons (Fsp3) is 0.250. The van der Waals surface area contributed by atoms with Crippen molar-refractivity contribution in [2.45, 2.75) is 31.3 Å². The predicted octanol–water partition coefficient (Wildman–Crippen LogP) is 2.20. The van der Waals surface area contributed by atoms with E-state index in [-0.39, 0.29) is 17.5 Å². The molecule has 3 rings (SSSR count). The maximum atomic E-state index is 12.4. The number of imidazole rings is 1. The lowest BCUT2D eigenvalue weighted by Crippen LogP contribution is -2.23. The highest BCUT2D eigenvalue weighted by Gasteiger charge is 2.18. The van der Waals surface area contributed by atoms with Crippen LogP contribution in [0.3, 0.4) is 0 Å². The Morgan fingerprint density at radius 2 is 2.12 bits per heavy atom. The molecule has 0 fully saturated rings. The number of H-pyrrole nitrogens is 1. The molecule has 0 radical (unpaired) electrons. The van der Waals surface area contributed by atoms with Crippen molar-refractivity contribution in [3.63, 3.8) is 0 Å². The summed E-state index contributed by atoms with van der Waals surface area (Å²) in [5, 5.41) is 4.25. The van der Waals surface area contributed by atoms with Crippen LogP contribution >= 0.6 is 0 Å². The van der Waals surface area contributed by atoms with Crippen LogP contribution in [0.4, 0.5) is 0 Å². The van der Waals surface area contributed by atoms with Crippen LogP contribution in [0.1, 0.15) is 31.2 Å². The summed E-state index contributed by atoms with van der Waals surface area (Å²) < 4.78 is 29.0. The fourth-order valence-electron chi connectivity index (χ4n) is 2.24. The van der Waals surface area contributed by atoms with Crippen LogP contribution in [-0.2, 0) is 16.6 Å². The Bertz CT molecular complexity index is 914. The number of aromatic amines is 1. The molecule has 0 spiro atoms. The Labute approximate surface area is 140 Å². The number of rotatable bonds is 6. The highest BCUT2D eigenvalue weighted by atomic mass is 32.2. The smallest absolute Gasteiger partial charge is 0.257 e. The van der Waals surface area contributed by atoms with Gasteiger partial charge in [-0.2, -0.15) is 5.10 Å². The van der Waals surface area contributed by atoms with E-state index in [0.717, 1.165) is 11.3 Å². The van der Waals surface area contributed by atoms with Gasteiger partial charge >= 0.3 is 0 Å². The van der Waals surface area contributed by atoms with E-state index in [4.69, 9.17) is 0 Å². The molecule has 0 atom stereocenters. The third kappa shape index (κ3) is 3.55. The van der Waals surface area contributed by atoms with Gasteiger partial charge in [-0.25, -0.2) is 22.8 Å². The molecule has 0 saturated carbocycles. The molecule has 7 nitrogen and oxygen atoms in total. The van der Waals surface area contributed by atoms with Crippen molar-refractivity contribution in [3.05, 3.63) is 60.3 Å². The predicted molar refractivity (Wildman–Crippen MR) is 90.3 cm³/mol. The minimum absolute atomic E-state index is 0.0782. The fourth-order valence-corrected chi connectivity index (χ4v) is 3.18. The second-order valence-corrected chi connectivity index (χ2v) is 7.47.